The molecule has 0 radical (unpaired) electrons. The van der Waals surface area contributed by atoms with E-state index in [-0.39, 0.29) is 23.6 Å². The van der Waals surface area contributed by atoms with Crippen LogP contribution in [-0.4, -0.2) is 31.7 Å². The first kappa shape index (κ1) is 25.7. The van der Waals surface area contributed by atoms with Crippen LogP contribution in [0.25, 0.3) is 0 Å². The van der Waals surface area contributed by atoms with E-state index in [9.17, 15) is 13.2 Å². The summed E-state index contributed by atoms with van der Waals surface area (Å²) in [4.78, 5) is 13.2. The second kappa shape index (κ2) is 11.1. The average Bonchev–Trinajstić information content (AvgIpc) is 2.85. The highest BCUT2D eigenvalue weighted by Crippen LogP contribution is 2.28. The Morgan fingerprint density at radius 3 is 2.23 bits per heavy atom. The number of nitrogens with one attached hydrogen (secondary N) is 1. The Morgan fingerprint density at radius 1 is 0.971 bits per heavy atom. The number of aryl methyl sites for hydroxylation is 1. The minimum absolute atomic E-state index is 0.0581. The number of halogens is 2. The van der Waals surface area contributed by atoms with Gasteiger partial charge >= 0.3 is 0 Å². The first-order valence-electron chi connectivity index (χ1n) is 11.6. The molecule has 8 heteroatoms. The van der Waals surface area contributed by atoms with E-state index in [2.05, 4.69) is 5.32 Å². The average molecular weight is 532 g/mol. The van der Waals surface area contributed by atoms with Gasteiger partial charge in [-0.15, -0.1) is 0 Å². The Balaban J connectivity index is 1.41. The van der Waals surface area contributed by atoms with Crippen LogP contribution < -0.4 is 5.32 Å². The van der Waals surface area contributed by atoms with Gasteiger partial charge in [0.05, 0.1) is 11.8 Å². The molecule has 1 N–H and O–H groups in total. The minimum atomic E-state index is -3.56. The molecule has 1 aliphatic heterocycles. The summed E-state index contributed by atoms with van der Waals surface area (Å²) in [7, 11) is -3.56. The van der Waals surface area contributed by atoms with E-state index < -0.39 is 10.0 Å². The largest absolute Gasteiger partial charge is 0.345 e. The Hall–Kier alpha value is -2.38. The van der Waals surface area contributed by atoms with Crippen LogP contribution in [0.5, 0.6) is 0 Å². The van der Waals surface area contributed by atoms with Gasteiger partial charge in [-0.2, -0.15) is 0 Å². The first-order valence-corrected chi connectivity index (χ1v) is 13.9. The van der Waals surface area contributed by atoms with Gasteiger partial charge in [0.15, 0.2) is 0 Å². The summed E-state index contributed by atoms with van der Waals surface area (Å²) in [6.07, 6.45) is 0.934. The number of benzene rings is 3. The van der Waals surface area contributed by atoms with Crippen molar-refractivity contribution < 1.29 is 13.2 Å². The number of hydrogen-bond acceptors (Lipinski definition) is 3. The molecule has 35 heavy (non-hydrogen) atoms. The molecule has 184 valence electrons. The van der Waals surface area contributed by atoms with E-state index in [1.54, 1.807) is 18.2 Å². The summed E-state index contributed by atoms with van der Waals surface area (Å²) in [5.74, 6) is -0.502. The molecule has 1 fully saturated rings. The highest BCUT2D eigenvalue weighted by molar-refractivity contribution is 7.88. The molecule has 3 aromatic rings. The Bertz CT molecular complexity index is 1270. The van der Waals surface area contributed by atoms with Crippen molar-refractivity contribution in [2.75, 3.05) is 13.1 Å². The fourth-order valence-corrected chi connectivity index (χ4v) is 6.50. The second-order valence-corrected chi connectivity index (χ2v) is 11.7. The maximum atomic E-state index is 13.2. The predicted octanol–water partition coefficient (Wildman–Crippen LogP) is 5.75. The smallest absolute Gasteiger partial charge is 0.223 e. The zero-order chi connectivity index (χ0) is 25.0. The van der Waals surface area contributed by atoms with Crippen LogP contribution in [0.15, 0.2) is 72.8 Å². The Kier molecular flexibility index (Phi) is 8.17. The summed E-state index contributed by atoms with van der Waals surface area (Å²) in [5.41, 5.74) is 3.68. The molecule has 1 amide bonds. The van der Waals surface area contributed by atoms with Gasteiger partial charge in [-0.25, -0.2) is 12.7 Å². The van der Waals surface area contributed by atoms with Gasteiger partial charge < -0.3 is 5.32 Å². The van der Waals surface area contributed by atoms with Crippen LogP contribution in [-0.2, 0) is 20.6 Å². The Labute approximate surface area is 217 Å². The number of piperidine rings is 1. The topological polar surface area (TPSA) is 66.5 Å². The van der Waals surface area contributed by atoms with Crippen molar-refractivity contribution in [3.8, 4) is 0 Å². The molecule has 1 heterocycles. The number of carbonyl (C=O) groups is 1. The van der Waals surface area contributed by atoms with Crippen LogP contribution >= 0.6 is 23.2 Å². The van der Waals surface area contributed by atoms with E-state index >= 15 is 0 Å². The summed E-state index contributed by atoms with van der Waals surface area (Å²) in [6, 6.07) is 22.5. The van der Waals surface area contributed by atoms with Gasteiger partial charge in [-0.1, -0.05) is 89.4 Å². The van der Waals surface area contributed by atoms with Crippen molar-refractivity contribution in [2.24, 2.45) is 5.92 Å². The quantitative estimate of drug-likeness (QED) is 0.422. The highest BCUT2D eigenvalue weighted by atomic mass is 35.5. The molecule has 1 saturated heterocycles. The standard InChI is InChI=1S/C27H28Cl2N2O3S/c1-19-7-9-21(10-8-19)26(20-5-3-2-4-6-20)30-27(32)22-13-15-31(16-14-22)35(33,34)18-23-11-12-24(28)17-25(23)29/h2-12,17,22,26H,13-16,18H2,1H3,(H,30,32)/t26-/m0/s1. The predicted molar refractivity (Wildman–Crippen MR) is 141 cm³/mol. The van der Waals surface area contributed by atoms with E-state index in [0.717, 1.165) is 16.7 Å². The van der Waals surface area contributed by atoms with E-state index in [1.165, 1.54) is 4.31 Å². The summed E-state index contributed by atoms with van der Waals surface area (Å²) >= 11 is 12.1. The highest BCUT2D eigenvalue weighted by Gasteiger charge is 2.32. The minimum Gasteiger partial charge on any atom is -0.345 e. The monoisotopic (exact) mass is 530 g/mol. The third kappa shape index (κ3) is 6.44. The molecule has 5 nitrogen and oxygen atoms in total. The van der Waals surface area contributed by atoms with Crippen LogP contribution in [0.1, 0.15) is 41.1 Å². The third-order valence-electron chi connectivity index (χ3n) is 6.40. The number of rotatable bonds is 7. The van der Waals surface area contributed by atoms with Gasteiger partial charge in [-0.05, 0) is 48.6 Å². The number of sulfonamides is 1. The van der Waals surface area contributed by atoms with Crippen LogP contribution in [0.2, 0.25) is 10.0 Å². The number of carbonyl (C=O) groups excluding carboxylic acids is 1. The maximum Gasteiger partial charge on any atom is 0.223 e. The van der Waals surface area contributed by atoms with Gasteiger partial charge in [-0.3, -0.25) is 4.79 Å². The maximum absolute atomic E-state index is 13.2. The van der Waals surface area contributed by atoms with E-state index in [0.29, 0.717) is 41.5 Å². The molecule has 3 aromatic carbocycles. The van der Waals surface area contributed by atoms with Gasteiger partial charge in [0.1, 0.15) is 0 Å². The van der Waals surface area contributed by atoms with Crippen molar-refractivity contribution in [1.82, 2.24) is 9.62 Å². The lowest BCUT2D eigenvalue weighted by molar-refractivity contribution is -0.126. The molecule has 0 saturated carbocycles. The summed E-state index contributed by atoms with van der Waals surface area (Å²) in [5, 5.41) is 4.00. The van der Waals surface area contributed by atoms with Gasteiger partial charge in [0.2, 0.25) is 15.9 Å². The van der Waals surface area contributed by atoms with E-state index in [1.807, 2.05) is 61.5 Å². The number of nitrogens with zero attached hydrogens (tertiary/aromatic N) is 1. The lowest BCUT2D eigenvalue weighted by Gasteiger charge is -2.32. The molecule has 0 spiro atoms. The lowest BCUT2D eigenvalue weighted by atomic mass is 9.94. The number of amides is 1. The van der Waals surface area contributed by atoms with Crippen molar-refractivity contribution >= 4 is 39.1 Å². The van der Waals surface area contributed by atoms with Crippen molar-refractivity contribution in [3.05, 3.63) is 105 Å². The van der Waals surface area contributed by atoms with Crippen LogP contribution in [0.3, 0.4) is 0 Å². The molecule has 0 aliphatic carbocycles. The summed E-state index contributed by atoms with van der Waals surface area (Å²) in [6.45, 7) is 2.63. The van der Waals surface area contributed by atoms with Gasteiger partial charge in [0.25, 0.3) is 0 Å². The molecule has 0 unspecified atom stereocenters. The molecule has 0 bridgehead atoms. The fourth-order valence-electron chi connectivity index (χ4n) is 4.35. The normalized spacial score (nSPS) is 16.1. The van der Waals surface area contributed by atoms with Crippen LogP contribution in [0, 0.1) is 12.8 Å². The Morgan fingerprint density at radius 2 is 1.60 bits per heavy atom. The molecule has 0 aromatic heterocycles. The van der Waals surface area contributed by atoms with Gasteiger partial charge in [0, 0.05) is 29.1 Å². The molecular weight excluding hydrogens is 503 g/mol. The molecule has 1 aliphatic rings. The van der Waals surface area contributed by atoms with Crippen molar-refractivity contribution in [1.29, 1.82) is 0 Å². The second-order valence-electron chi connectivity index (χ2n) is 8.93. The molecular formula is C27H28Cl2N2O3S. The summed E-state index contributed by atoms with van der Waals surface area (Å²) < 4.78 is 27.4. The van der Waals surface area contributed by atoms with Crippen molar-refractivity contribution in [3.63, 3.8) is 0 Å². The zero-order valence-corrected chi connectivity index (χ0v) is 21.8. The van der Waals surface area contributed by atoms with E-state index in [4.69, 9.17) is 23.2 Å². The van der Waals surface area contributed by atoms with Crippen molar-refractivity contribution in [2.45, 2.75) is 31.6 Å². The number of hydrogen-bond donors (Lipinski definition) is 1. The fraction of sp³-hybridized carbons (Fsp3) is 0.296. The molecule has 1 atom stereocenters. The molecule has 4 rings (SSSR count). The zero-order valence-electron chi connectivity index (χ0n) is 19.5. The first-order chi connectivity index (χ1) is 16.7. The van der Waals surface area contributed by atoms with Crippen LogP contribution in [0.4, 0.5) is 0 Å². The third-order valence-corrected chi connectivity index (χ3v) is 8.82. The lowest BCUT2D eigenvalue weighted by Crippen LogP contribution is -2.44. The SMILES string of the molecule is Cc1ccc([C@@H](NC(=O)C2CCN(S(=O)(=O)Cc3ccc(Cl)cc3Cl)CC2)c2ccccc2)cc1.